The van der Waals surface area contributed by atoms with Crippen LogP contribution in [0, 0.1) is 11.8 Å². The van der Waals surface area contributed by atoms with Crippen LogP contribution in [-0.2, 0) is 9.53 Å². The molecule has 1 heterocycles. The van der Waals surface area contributed by atoms with E-state index >= 15 is 0 Å². The molecule has 0 radical (unpaired) electrons. The Hall–Kier alpha value is -1.51. The van der Waals surface area contributed by atoms with Crippen molar-refractivity contribution in [2.75, 3.05) is 33.3 Å². The van der Waals surface area contributed by atoms with Gasteiger partial charge in [0, 0.05) is 19.6 Å². The van der Waals surface area contributed by atoms with E-state index in [1.165, 1.54) is 7.11 Å². The van der Waals surface area contributed by atoms with E-state index in [9.17, 15) is 4.79 Å². The van der Waals surface area contributed by atoms with Gasteiger partial charge in [0.1, 0.15) is 11.9 Å². The molecule has 0 amide bonds. The first-order valence-electron chi connectivity index (χ1n) is 8.88. The van der Waals surface area contributed by atoms with E-state index in [2.05, 4.69) is 17.1 Å². The van der Waals surface area contributed by atoms with Crippen LogP contribution < -0.4 is 10.1 Å². The van der Waals surface area contributed by atoms with Crippen LogP contribution in [0.2, 0.25) is 0 Å². The highest BCUT2D eigenvalue weighted by molar-refractivity contribution is 14.0. The molecule has 3 unspecified atom stereocenters. The molecule has 1 N–H and O–H groups in total. The van der Waals surface area contributed by atoms with Gasteiger partial charge < -0.3 is 19.7 Å². The van der Waals surface area contributed by atoms with Crippen molar-refractivity contribution in [1.82, 2.24) is 10.2 Å². The predicted octanol–water partition coefficient (Wildman–Crippen LogP) is 2.78. The molecule has 1 fully saturated rings. The van der Waals surface area contributed by atoms with Crippen molar-refractivity contribution >= 4 is 35.9 Å². The molecule has 0 spiro atoms. The number of esters is 1. The Morgan fingerprint density at radius 1 is 1.35 bits per heavy atom. The van der Waals surface area contributed by atoms with Crippen LogP contribution in [0.4, 0.5) is 0 Å². The van der Waals surface area contributed by atoms with Crippen LogP contribution in [-0.4, -0.2) is 56.2 Å². The fourth-order valence-electron chi connectivity index (χ4n) is 3.01. The van der Waals surface area contributed by atoms with E-state index < -0.39 is 0 Å². The van der Waals surface area contributed by atoms with Gasteiger partial charge >= 0.3 is 5.97 Å². The van der Waals surface area contributed by atoms with Gasteiger partial charge in [-0.3, -0.25) is 4.79 Å². The first kappa shape index (κ1) is 22.5. The average Bonchev–Trinajstić information content (AvgIpc) is 3.00. The van der Waals surface area contributed by atoms with Gasteiger partial charge in [0.15, 0.2) is 5.96 Å². The number of nitrogens with zero attached hydrogens (tertiary/aromatic N) is 2. The lowest BCUT2D eigenvalue weighted by molar-refractivity contribution is -0.145. The topological polar surface area (TPSA) is 63.2 Å². The van der Waals surface area contributed by atoms with Gasteiger partial charge in [-0.05, 0) is 31.9 Å². The Morgan fingerprint density at radius 2 is 2.04 bits per heavy atom. The summed E-state index contributed by atoms with van der Waals surface area (Å²) in [5, 5.41) is 3.31. The number of rotatable bonds is 6. The zero-order valence-corrected chi connectivity index (χ0v) is 18.3. The molecule has 0 bridgehead atoms. The van der Waals surface area contributed by atoms with E-state index in [0.717, 1.165) is 24.8 Å². The Kier molecular flexibility index (Phi) is 9.75. The molecule has 1 saturated heterocycles. The molecule has 146 valence electrons. The van der Waals surface area contributed by atoms with Gasteiger partial charge in [-0.15, -0.1) is 24.0 Å². The van der Waals surface area contributed by atoms with Crippen molar-refractivity contribution < 1.29 is 14.3 Å². The fourth-order valence-corrected chi connectivity index (χ4v) is 3.01. The van der Waals surface area contributed by atoms with Crippen LogP contribution in [0.5, 0.6) is 5.75 Å². The monoisotopic (exact) mass is 475 g/mol. The number of aliphatic imine (C=N–C) groups is 1. The maximum Gasteiger partial charge on any atom is 0.310 e. The lowest BCUT2D eigenvalue weighted by Gasteiger charge is -2.22. The summed E-state index contributed by atoms with van der Waals surface area (Å²) < 4.78 is 10.8. The van der Waals surface area contributed by atoms with Crippen molar-refractivity contribution in [1.29, 1.82) is 0 Å². The SMILES string of the molecule is CCNC(=NCC(C)Oc1ccccc1)N1CC(C)C(C(=O)OC)C1.I. The molecule has 2 rings (SSSR count). The molecule has 7 heteroatoms. The van der Waals surface area contributed by atoms with Gasteiger partial charge in [0.2, 0.25) is 0 Å². The second-order valence-electron chi connectivity index (χ2n) is 6.45. The van der Waals surface area contributed by atoms with E-state index in [0.29, 0.717) is 13.1 Å². The van der Waals surface area contributed by atoms with Crippen LogP contribution in [0.3, 0.4) is 0 Å². The molecule has 6 nitrogen and oxygen atoms in total. The number of halogens is 1. The summed E-state index contributed by atoms with van der Waals surface area (Å²) in [7, 11) is 1.44. The quantitative estimate of drug-likeness (QED) is 0.297. The number of benzene rings is 1. The number of carbonyl (C=O) groups excluding carboxylic acids is 1. The number of guanidine groups is 1. The molecule has 1 aromatic carbocycles. The van der Waals surface area contributed by atoms with E-state index in [1.807, 2.05) is 44.2 Å². The van der Waals surface area contributed by atoms with Gasteiger partial charge in [0.05, 0.1) is 19.6 Å². The van der Waals surface area contributed by atoms with Crippen molar-refractivity contribution in [2.45, 2.75) is 26.9 Å². The number of ether oxygens (including phenoxy) is 2. The van der Waals surface area contributed by atoms with Gasteiger partial charge in [-0.1, -0.05) is 25.1 Å². The summed E-state index contributed by atoms with van der Waals surface area (Å²) in [5.74, 6) is 1.66. The zero-order valence-electron chi connectivity index (χ0n) is 16.0. The van der Waals surface area contributed by atoms with Crippen molar-refractivity contribution in [3.63, 3.8) is 0 Å². The average molecular weight is 475 g/mol. The van der Waals surface area contributed by atoms with E-state index in [-0.39, 0.29) is 47.9 Å². The third-order valence-corrected chi connectivity index (χ3v) is 4.33. The van der Waals surface area contributed by atoms with Crippen molar-refractivity contribution in [2.24, 2.45) is 16.8 Å². The van der Waals surface area contributed by atoms with Crippen LogP contribution in [0.1, 0.15) is 20.8 Å². The lowest BCUT2D eigenvalue weighted by Crippen LogP contribution is -2.41. The maximum absolute atomic E-state index is 11.9. The Balaban J connectivity index is 0.00000338. The molecule has 26 heavy (non-hydrogen) atoms. The number of hydrogen-bond acceptors (Lipinski definition) is 4. The molecule has 0 saturated carbocycles. The number of para-hydroxylation sites is 1. The summed E-state index contributed by atoms with van der Waals surface area (Å²) in [5.41, 5.74) is 0. The summed E-state index contributed by atoms with van der Waals surface area (Å²) in [6.07, 6.45) is -0.0347. The molecule has 1 aromatic rings. The standard InChI is InChI=1S/C19H29N3O3.HI/c1-5-20-19(22-12-14(2)17(13-22)18(23)24-4)21-11-15(3)25-16-9-7-6-8-10-16;/h6-10,14-15,17H,5,11-13H2,1-4H3,(H,20,21);1H. The number of nitrogens with one attached hydrogen (secondary N) is 1. The normalized spacial score (nSPS) is 20.9. The molecular formula is C19H30IN3O3. The minimum Gasteiger partial charge on any atom is -0.489 e. The smallest absolute Gasteiger partial charge is 0.310 e. The summed E-state index contributed by atoms with van der Waals surface area (Å²) in [6.45, 7) is 8.87. The van der Waals surface area contributed by atoms with Crippen molar-refractivity contribution in [3.05, 3.63) is 30.3 Å². The molecule has 1 aliphatic rings. The van der Waals surface area contributed by atoms with Gasteiger partial charge in [-0.25, -0.2) is 4.99 Å². The minimum atomic E-state index is -0.147. The van der Waals surface area contributed by atoms with Crippen LogP contribution >= 0.6 is 24.0 Å². The van der Waals surface area contributed by atoms with E-state index in [4.69, 9.17) is 14.5 Å². The largest absolute Gasteiger partial charge is 0.489 e. The number of hydrogen-bond donors (Lipinski definition) is 1. The minimum absolute atomic E-state index is 0. The highest BCUT2D eigenvalue weighted by Crippen LogP contribution is 2.24. The molecule has 0 aliphatic carbocycles. The molecule has 0 aromatic heterocycles. The van der Waals surface area contributed by atoms with Gasteiger partial charge in [-0.2, -0.15) is 0 Å². The first-order valence-corrected chi connectivity index (χ1v) is 8.88. The predicted molar refractivity (Wildman–Crippen MR) is 114 cm³/mol. The van der Waals surface area contributed by atoms with E-state index in [1.54, 1.807) is 0 Å². The Morgan fingerprint density at radius 3 is 2.65 bits per heavy atom. The Labute approximate surface area is 173 Å². The number of carbonyl (C=O) groups is 1. The van der Waals surface area contributed by atoms with Gasteiger partial charge in [0.25, 0.3) is 0 Å². The maximum atomic E-state index is 11.9. The third-order valence-electron chi connectivity index (χ3n) is 4.33. The lowest BCUT2D eigenvalue weighted by atomic mass is 9.99. The third kappa shape index (κ3) is 6.34. The summed E-state index contributed by atoms with van der Waals surface area (Å²) in [6, 6.07) is 9.75. The van der Waals surface area contributed by atoms with Crippen molar-refractivity contribution in [3.8, 4) is 5.75 Å². The molecule has 3 atom stereocenters. The number of likely N-dealkylation sites (tertiary alicyclic amines) is 1. The highest BCUT2D eigenvalue weighted by atomic mass is 127. The first-order chi connectivity index (χ1) is 12.0. The Bertz CT molecular complexity index is 583. The second kappa shape index (κ2) is 11.3. The molecular weight excluding hydrogens is 445 g/mol. The highest BCUT2D eigenvalue weighted by Gasteiger charge is 2.36. The number of methoxy groups -OCH3 is 1. The zero-order chi connectivity index (χ0) is 18.2. The van der Waals surface area contributed by atoms with Crippen LogP contribution in [0.15, 0.2) is 35.3 Å². The molecule has 1 aliphatic heterocycles. The summed E-state index contributed by atoms with van der Waals surface area (Å²) >= 11 is 0. The second-order valence-corrected chi connectivity index (χ2v) is 6.45. The fraction of sp³-hybridized carbons (Fsp3) is 0.579. The van der Waals surface area contributed by atoms with Crippen LogP contribution in [0.25, 0.3) is 0 Å². The summed E-state index contributed by atoms with van der Waals surface area (Å²) in [4.78, 5) is 18.7.